The van der Waals surface area contributed by atoms with Gasteiger partial charge in [0.15, 0.2) is 0 Å². The van der Waals surface area contributed by atoms with Gasteiger partial charge in [-0.1, -0.05) is 109 Å². The van der Waals surface area contributed by atoms with Gasteiger partial charge in [-0.3, -0.25) is 0 Å². The number of alkyl carbamates (subject to hydrolysis) is 2. The Morgan fingerprint density at radius 1 is 0.618 bits per heavy atom. The van der Waals surface area contributed by atoms with Crippen molar-refractivity contribution in [1.82, 2.24) is 20.9 Å². The number of hydrogen-bond donors (Lipinski definition) is 3. The first kappa shape index (κ1) is 40.8. The second-order valence-electron chi connectivity index (χ2n) is 15.1. The Kier molecular flexibility index (Phi) is 15.5. The highest BCUT2D eigenvalue weighted by atomic mass is 16.6. The van der Waals surface area contributed by atoms with Gasteiger partial charge in [0.25, 0.3) is 0 Å². The monoisotopic (exact) mass is 748 g/mol. The Balaban J connectivity index is 0.000000218. The zero-order valence-electron chi connectivity index (χ0n) is 32.4. The smallest absolute Gasteiger partial charge is 0.410 e. The number of rotatable bonds is 10. The standard InChI is InChI=1S/C25H32N2O4.C20H24N2O2/c1-25(2,3)31-24(29)27-14-12-21(13-15-27)22-11-7-10-20(16-22)17-26-23(28)30-18-19-8-5-4-6-9-19;23-20(24-15-16-5-2-1-3-6-16)22-14-17-7-4-8-19(13-17)18-9-11-21-12-10-18/h4-11,16,21H,12-15,17-18H2,1-3H3,(H,26,28);1-8,13,18,21H,9-12,14-15H2,(H,22,23). The molecule has 55 heavy (non-hydrogen) atoms. The summed E-state index contributed by atoms with van der Waals surface area (Å²) in [5, 5.41) is 9.03. The maximum atomic E-state index is 12.3. The minimum atomic E-state index is -0.475. The SMILES string of the molecule is CC(C)(C)OC(=O)N1CCC(c2cccc(CNC(=O)OCc3ccccc3)c2)CC1.O=C(NCc1cccc(C2CCNCC2)c1)OCc1ccccc1. The molecule has 3 N–H and O–H groups in total. The van der Waals surface area contributed by atoms with Crippen molar-refractivity contribution in [2.24, 2.45) is 0 Å². The number of ether oxygens (including phenoxy) is 3. The summed E-state index contributed by atoms with van der Waals surface area (Å²) < 4.78 is 16.0. The summed E-state index contributed by atoms with van der Waals surface area (Å²) in [6, 6.07) is 36.1. The number of likely N-dealkylation sites (tertiary alicyclic amines) is 1. The first-order chi connectivity index (χ1) is 26.6. The van der Waals surface area contributed by atoms with Gasteiger partial charge in [-0.25, -0.2) is 14.4 Å². The van der Waals surface area contributed by atoms with Crippen LogP contribution in [0.2, 0.25) is 0 Å². The van der Waals surface area contributed by atoms with Gasteiger partial charge < -0.3 is 35.1 Å². The average molecular weight is 749 g/mol. The zero-order valence-corrected chi connectivity index (χ0v) is 32.4. The number of nitrogens with zero attached hydrogens (tertiary/aromatic N) is 1. The number of hydrogen-bond acceptors (Lipinski definition) is 7. The van der Waals surface area contributed by atoms with Crippen LogP contribution in [-0.2, 0) is 40.5 Å². The maximum Gasteiger partial charge on any atom is 0.410 e. The number of carbonyl (C=O) groups is 3. The van der Waals surface area contributed by atoms with Crippen LogP contribution in [0.25, 0.3) is 0 Å². The summed E-state index contributed by atoms with van der Waals surface area (Å²) in [6.45, 7) is 10.6. The summed E-state index contributed by atoms with van der Waals surface area (Å²) in [5.41, 5.74) is 6.22. The maximum absolute atomic E-state index is 12.3. The Bertz CT molecular complexity index is 1780. The predicted octanol–water partition coefficient (Wildman–Crippen LogP) is 8.81. The van der Waals surface area contributed by atoms with Gasteiger partial charge in [0.1, 0.15) is 18.8 Å². The van der Waals surface area contributed by atoms with Crippen LogP contribution >= 0.6 is 0 Å². The van der Waals surface area contributed by atoms with Crippen LogP contribution in [0.4, 0.5) is 14.4 Å². The lowest BCUT2D eigenvalue weighted by Gasteiger charge is -2.33. The van der Waals surface area contributed by atoms with Crippen molar-refractivity contribution in [3.8, 4) is 0 Å². The van der Waals surface area contributed by atoms with Crippen LogP contribution in [-0.4, -0.2) is 55.0 Å². The van der Waals surface area contributed by atoms with Gasteiger partial charge in [-0.15, -0.1) is 0 Å². The molecule has 2 aliphatic heterocycles. The van der Waals surface area contributed by atoms with E-state index in [1.807, 2.05) is 99.6 Å². The molecule has 0 radical (unpaired) electrons. The van der Waals surface area contributed by atoms with Crippen molar-refractivity contribution in [3.63, 3.8) is 0 Å². The molecule has 0 spiro atoms. The molecule has 0 aromatic heterocycles. The fourth-order valence-electron chi connectivity index (χ4n) is 6.69. The second-order valence-corrected chi connectivity index (χ2v) is 15.1. The molecule has 0 atom stereocenters. The third kappa shape index (κ3) is 14.4. The zero-order chi connectivity index (χ0) is 38.9. The molecule has 0 bridgehead atoms. The van der Waals surface area contributed by atoms with Gasteiger partial charge in [0.05, 0.1) is 0 Å². The molecule has 2 aliphatic rings. The number of nitrogens with one attached hydrogen (secondary N) is 3. The molecule has 2 heterocycles. The minimum Gasteiger partial charge on any atom is -0.445 e. The molecule has 0 unspecified atom stereocenters. The number of benzene rings is 4. The quantitative estimate of drug-likeness (QED) is 0.139. The first-order valence-electron chi connectivity index (χ1n) is 19.4. The van der Waals surface area contributed by atoms with Crippen molar-refractivity contribution in [1.29, 1.82) is 0 Å². The topological polar surface area (TPSA) is 118 Å². The van der Waals surface area contributed by atoms with Crippen molar-refractivity contribution in [2.45, 2.75) is 90.2 Å². The Morgan fingerprint density at radius 3 is 1.51 bits per heavy atom. The molecule has 0 saturated carbocycles. The summed E-state index contributed by atoms with van der Waals surface area (Å²) in [7, 11) is 0. The number of amides is 3. The molecular weight excluding hydrogens is 693 g/mol. The average Bonchev–Trinajstić information content (AvgIpc) is 3.21. The van der Waals surface area contributed by atoms with E-state index < -0.39 is 11.7 Å². The largest absolute Gasteiger partial charge is 0.445 e. The lowest BCUT2D eigenvalue weighted by Crippen LogP contribution is -2.41. The normalized spacial score (nSPS) is 14.9. The van der Waals surface area contributed by atoms with E-state index in [1.54, 1.807) is 4.90 Å². The van der Waals surface area contributed by atoms with Gasteiger partial charge in [-0.05, 0) is 105 Å². The van der Waals surface area contributed by atoms with E-state index in [0.29, 0.717) is 44.6 Å². The predicted molar refractivity (Wildman–Crippen MR) is 214 cm³/mol. The molecule has 10 heteroatoms. The van der Waals surface area contributed by atoms with Crippen LogP contribution < -0.4 is 16.0 Å². The molecule has 3 amide bonds. The number of piperidine rings is 2. The Labute approximate surface area is 325 Å². The molecule has 4 aromatic carbocycles. The third-order valence-electron chi connectivity index (χ3n) is 9.63. The van der Waals surface area contributed by atoms with E-state index in [-0.39, 0.29) is 18.8 Å². The molecule has 6 rings (SSSR count). The molecule has 292 valence electrons. The number of carbonyl (C=O) groups excluding carboxylic acids is 3. The van der Waals surface area contributed by atoms with E-state index in [2.05, 4.69) is 46.3 Å². The van der Waals surface area contributed by atoms with Crippen LogP contribution in [0.1, 0.15) is 91.7 Å². The second kappa shape index (κ2) is 20.9. The van der Waals surface area contributed by atoms with Crippen molar-refractivity contribution in [2.75, 3.05) is 26.2 Å². The van der Waals surface area contributed by atoms with Crippen molar-refractivity contribution < 1.29 is 28.6 Å². The Morgan fingerprint density at radius 2 is 1.05 bits per heavy atom. The fourth-order valence-corrected chi connectivity index (χ4v) is 6.69. The van der Waals surface area contributed by atoms with E-state index in [0.717, 1.165) is 48.2 Å². The van der Waals surface area contributed by atoms with E-state index in [9.17, 15) is 14.4 Å². The van der Waals surface area contributed by atoms with Crippen LogP contribution in [0.15, 0.2) is 109 Å². The molecule has 10 nitrogen and oxygen atoms in total. The van der Waals surface area contributed by atoms with E-state index >= 15 is 0 Å². The molecule has 4 aromatic rings. The molecular formula is C45H56N4O6. The molecule has 2 saturated heterocycles. The highest BCUT2D eigenvalue weighted by Crippen LogP contribution is 2.29. The summed E-state index contributed by atoms with van der Waals surface area (Å²) in [6.07, 6.45) is 3.10. The minimum absolute atomic E-state index is 0.238. The van der Waals surface area contributed by atoms with E-state index in [4.69, 9.17) is 14.2 Å². The first-order valence-corrected chi connectivity index (χ1v) is 19.4. The van der Waals surface area contributed by atoms with E-state index in [1.165, 1.54) is 24.0 Å². The molecule has 2 fully saturated rings. The fraction of sp³-hybridized carbons (Fsp3) is 0.400. The third-order valence-corrected chi connectivity index (χ3v) is 9.63. The van der Waals surface area contributed by atoms with Crippen LogP contribution in [0, 0.1) is 0 Å². The highest BCUT2D eigenvalue weighted by Gasteiger charge is 2.27. The highest BCUT2D eigenvalue weighted by molar-refractivity contribution is 5.68. The lowest BCUT2D eigenvalue weighted by atomic mass is 9.89. The van der Waals surface area contributed by atoms with Gasteiger partial charge in [0, 0.05) is 26.2 Å². The molecule has 0 aliphatic carbocycles. The summed E-state index contributed by atoms with van der Waals surface area (Å²) in [5.74, 6) is 1.01. The lowest BCUT2D eigenvalue weighted by molar-refractivity contribution is 0.0204. The summed E-state index contributed by atoms with van der Waals surface area (Å²) in [4.78, 5) is 37.9. The Hall–Kier alpha value is -5.35. The van der Waals surface area contributed by atoms with Gasteiger partial charge in [0.2, 0.25) is 0 Å². The van der Waals surface area contributed by atoms with Crippen molar-refractivity contribution in [3.05, 3.63) is 143 Å². The van der Waals surface area contributed by atoms with Crippen molar-refractivity contribution >= 4 is 18.3 Å². The van der Waals surface area contributed by atoms with Gasteiger partial charge in [-0.2, -0.15) is 0 Å². The summed E-state index contributed by atoms with van der Waals surface area (Å²) >= 11 is 0. The van der Waals surface area contributed by atoms with Gasteiger partial charge >= 0.3 is 18.3 Å². The van der Waals surface area contributed by atoms with Crippen LogP contribution in [0.5, 0.6) is 0 Å². The van der Waals surface area contributed by atoms with Crippen LogP contribution in [0.3, 0.4) is 0 Å².